The number of rotatable bonds is 3. The maximum absolute atomic E-state index is 12.6. The number of nitrogens with zero attached hydrogens (tertiary/aromatic N) is 2. The number of nitrogens with two attached hydrogens (primary N) is 1. The Morgan fingerprint density at radius 2 is 2.04 bits per heavy atom. The molecule has 4 rings (SSSR count). The van der Waals surface area contributed by atoms with Gasteiger partial charge in [-0.3, -0.25) is 4.79 Å². The van der Waals surface area contributed by atoms with Crippen molar-refractivity contribution < 1.29 is 19.1 Å². The highest BCUT2D eigenvalue weighted by molar-refractivity contribution is 5.92. The van der Waals surface area contributed by atoms with Crippen molar-refractivity contribution in [3.05, 3.63) is 53.7 Å². The van der Waals surface area contributed by atoms with Crippen molar-refractivity contribution in [2.24, 2.45) is 5.73 Å². The second kappa shape index (κ2) is 7.42. The minimum Gasteiger partial charge on any atom is -0.447 e. The summed E-state index contributed by atoms with van der Waals surface area (Å²) in [7, 11) is 0. The largest absolute Gasteiger partial charge is 0.447 e. The molecule has 1 amide bonds. The number of benzene rings is 1. The van der Waals surface area contributed by atoms with Crippen LogP contribution in [0.3, 0.4) is 0 Å². The normalized spacial score (nSPS) is 24.9. The first kappa shape index (κ1) is 18.2. The Bertz CT molecular complexity index is 784. The molecule has 0 aliphatic carbocycles. The van der Waals surface area contributed by atoms with Crippen LogP contribution in [-0.2, 0) is 11.3 Å². The molecule has 2 fully saturated rings. The van der Waals surface area contributed by atoms with Gasteiger partial charge in [0.05, 0.1) is 24.4 Å². The maximum Gasteiger partial charge on any atom is 0.275 e. The predicted molar refractivity (Wildman–Crippen MR) is 97.8 cm³/mol. The fourth-order valence-corrected chi connectivity index (χ4v) is 4.13. The van der Waals surface area contributed by atoms with Crippen molar-refractivity contribution in [3.63, 3.8) is 0 Å². The molecule has 3 heterocycles. The van der Waals surface area contributed by atoms with E-state index in [9.17, 15) is 9.90 Å². The van der Waals surface area contributed by atoms with Gasteiger partial charge in [-0.25, -0.2) is 4.98 Å². The number of aliphatic hydroxyl groups is 1. The first-order valence-electron chi connectivity index (χ1n) is 9.43. The van der Waals surface area contributed by atoms with E-state index in [1.54, 1.807) is 4.90 Å². The molecule has 7 heteroatoms. The number of likely N-dealkylation sites (tertiary alicyclic amines) is 1. The summed E-state index contributed by atoms with van der Waals surface area (Å²) in [4.78, 5) is 18.5. The summed E-state index contributed by atoms with van der Waals surface area (Å²) in [5.41, 5.74) is 6.48. The summed E-state index contributed by atoms with van der Waals surface area (Å²) < 4.78 is 11.6. The molecule has 27 heavy (non-hydrogen) atoms. The quantitative estimate of drug-likeness (QED) is 0.856. The lowest BCUT2D eigenvalue weighted by molar-refractivity contribution is -0.181. The second-order valence-corrected chi connectivity index (χ2v) is 7.42. The molecule has 2 aliphatic heterocycles. The third kappa shape index (κ3) is 3.76. The number of oxazole rings is 1. The molecule has 2 aliphatic rings. The first-order valence-corrected chi connectivity index (χ1v) is 9.43. The maximum atomic E-state index is 12.6. The highest BCUT2D eigenvalue weighted by atomic mass is 16.5. The molecule has 144 valence electrons. The molecule has 2 saturated heterocycles. The second-order valence-electron chi connectivity index (χ2n) is 7.42. The number of carbonyl (C=O) groups is 1. The number of piperidine rings is 1. The van der Waals surface area contributed by atoms with Crippen LogP contribution in [0.2, 0.25) is 0 Å². The smallest absolute Gasteiger partial charge is 0.275 e. The molecule has 7 nitrogen and oxygen atoms in total. The lowest BCUT2D eigenvalue weighted by Crippen LogP contribution is -2.52. The summed E-state index contributed by atoms with van der Waals surface area (Å²) in [6, 6.07) is 10.0. The first-order chi connectivity index (χ1) is 13.1. The van der Waals surface area contributed by atoms with Gasteiger partial charge in [-0.2, -0.15) is 0 Å². The van der Waals surface area contributed by atoms with E-state index < -0.39 is 6.10 Å². The highest BCUT2D eigenvalue weighted by Gasteiger charge is 2.44. The molecule has 2 aromatic rings. The Balaban J connectivity index is 1.43. The van der Waals surface area contributed by atoms with Gasteiger partial charge in [-0.15, -0.1) is 0 Å². The Hall–Kier alpha value is -2.22. The van der Waals surface area contributed by atoms with Crippen molar-refractivity contribution in [3.8, 4) is 0 Å². The van der Waals surface area contributed by atoms with E-state index in [-0.39, 0.29) is 29.9 Å². The summed E-state index contributed by atoms with van der Waals surface area (Å²) in [6.07, 6.45) is 3.46. The van der Waals surface area contributed by atoms with E-state index in [0.29, 0.717) is 44.7 Å². The van der Waals surface area contributed by atoms with Gasteiger partial charge in [0, 0.05) is 25.9 Å². The zero-order valence-electron chi connectivity index (χ0n) is 15.2. The fraction of sp³-hybridized carbons (Fsp3) is 0.500. The van der Waals surface area contributed by atoms with Gasteiger partial charge in [0.1, 0.15) is 6.26 Å². The van der Waals surface area contributed by atoms with Gasteiger partial charge in [-0.05, 0) is 18.4 Å². The van der Waals surface area contributed by atoms with Crippen LogP contribution in [0.4, 0.5) is 0 Å². The number of hydrogen-bond acceptors (Lipinski definition) is 6. The fourth-order valence-electron chi connectivity index (χ4n) is 4.13. The molecule has 0 radical (unpaired) electrons. The number of hydrogen-bond donors (Lipinski definition) is 2. The van der Waals surface area contributed by atoms with Crippen molar-refractivity contribution in [1.82, 2.24) is 9.88 Å². The number of amides is 1. The lowest BCUT2D eigenvalue weighted by atomic mass is 9.81. The van der Waals surface area contributed by atoms with E-state index in [4.69, 9.17) is 14.9 Å². The van der Waals surface area contributed by atoms with Gasteiger partial charge in [-0.1, -0.05) is 30.3 Å². The van der Waals surface area contributed by atoms with Crippen molar-refractivity contribution >= 4 is 5.91 Å². The van der Waals surface area contributed by atoms with Gasteiger partial charge in [0.25, 0.3) is 5.91 Å². The minimum atomic E-state index is -0.395. The molecule has 0 saturated carbocycles. The Kier molecular flexibility index (Phi) is 4.99. The molecule has 1 aromatic heterocycles. The average molecular weight is 371 g/mol. The number of aromatic nitrogens is 1. The van der Waals surface area contributed by atoms with Gasteiger partial charge < -0.3 is 24.9 Å². The molecular weight excluding hydrogens is 346 g/mol. The third-order valence-corrected chi connectivity index (χ3v) is 5.56. The summed E-state index contributed by atoms with van der Waals surface area (Å²) in [5.74, 6) is 0.209. The monoisotopic (exact) mass is 371 g/mol. The number of ether oxygens (including phenoxy) is 1. The van der Waals surface area contributed by atoms with Gasteiger partial charge in [0.15, 0.2) is 5.69 Å². The van der Waals surface area contributed by atoms with Crippen LogP contribution in [0.5, 0.6) is 0 Å². The third-order valence-electron chi connectivity index (χ3n) is 5.56. The van der Waals surface area contributed by atoms with E-state index in [1.165, 1.54) is 6.26 Å². The SMILES string of the molecule is NCc1nc(C(=O)N2CCC3(CC2)C[C@H](O)C[C@H](c2ccccc2)O3)co1. The van der Waals surface area contributed by atoms with E-state index >= 15 is 0 Å². The van der Waals surface area contributed by atoms with E-state index in [1.807, 2.05) is 30.3 Å². The highest BCUT2D eigenvalue weighted by Crippen LogP contribution is 2.43. The van der Waals surface area contributed by atoms with Crippen molar-refractivity contribution in [1.29, 1.82) is 0 Å². The van der Waals surface area contributed by atoms with Crippen LogP contribution in [0.25, 0.3) is 0 Å². The molecular formula is C20H25N3O4. The van der Waals surface area contributed by atoms with Crippen LogP contribution in [0, 0.1) is 0 Å². The van der Waals surface area contributed by atoms with Crippen LogP contribution in [0.1, 0.15) is 53.7 Å². The topological polar surface area (TPSA) is 102 Å². The number of aliphatic hydroxyl groups excluding tert-OH is 1. The average Bonchev–Trinajstić information content (AvgIpc) is 3.17. The van der Waals surface area contributed by atoms with E-state index in [0.717, 1.165) is 5.56 Å². The predicted octanol–water partition coefficient (Wildman–Crippen LogP) is 2.02. The molecule has 3 N–H and O–H groups in total. The lowest BCUT2D eigenvalue weighted by Gasteiger charge is -2.48. The Morgan fingerprint density at radius 1 is 1.30 bits per heavy atom. The molecule has 0 bridgehead atoms. The van der Waals surface area contributed by atoms with Crippen LogP contribution >= 0.6 is 0 Å². The zero-order valence-corrected chi connectivity index (χ0v) is 15.2. The van der Waals surface area contributed by atoms with Gasteiger partial charge >= 0.3 is 0 Å². The minimum absolute atomic E-state index is 0.111. The van der Waals surface area contributed by atoms with Crippen molar-refractivity contribution in [2.75, 3.05) is 13.1 Å². The van der Waals surface area contributed by atoms with Gasteiger partial charge in [0.2, 0.25) is 5.89 Å². The van der Waals surface area contributed by atoms with Crippen LogP contribution in [-0.4, -0.2) is 45.7 Å². The molecule has 1 spiro atoms. The Morgan fingerprint density at radius 3 is 2.70 bits per heavy atom. The molecule has 0 unspecified atom stereocenters. The Labute approximate surface area is 158 Å². The molecule has 1 aromatic carbocycles. The van der Waals surface area contributed by atoms with E-state index in [2.05, 4.69) is 4.98 Å². The van der Waals surface area contributed by atoms with Crippen LogP contribution < -0.4 is 5.73 Å². The zero-order chi connectivity index (χ0) is 18.9. The summed E-state index contributed by atoms with van der Waals surface area (Å²) in [6.45, 7) is 1.30. The van der Waals surface area contributed by atoms with Crippen LogP contribution in [0.15, 0.2) is 41.0 Å². The standard InChI is InChI=1S/C20H25N3O4/c21-12-18-22-16(13-26-18)19(25)23-8-6-20(7-9-23)11-15(24)10-17(27-20)14-4-2-1-3-5-14/h1-5,13,15,17,24H,6-12,21H2/t15-,17-/m1/s1. The van der Waals surface area contributed by atoms with Crippen molar-refractivity contribution in [2.45, 2.75) is 50.0 Å². The summed E-state index contributed by atoms with van der Waals surface area (Å²) in [5, 5.41) is 10.4. The summed E-state index contributed by atoms with van der Waals surface area (Å²) >= 11 is 0. The molecule has 2 atom stereocenters. The number of carbonyl (C=O) groups excluding carboxylic acids is 1.